The van der Waals surface area contributed by atoms with Gasteiger partial charge in [-0.15, -0.1) is 0 Å². The Labute approximate surface area is 647 Å². The largest absolute Gasteiger partial charge is 0.394 e. The predicted molar refractivity (Wildman–Crippen MR) is 353 cm³/mol. The summed E-state index contributed by atoms with van der Waals surface area (Å²) in [6, 6.07) is -6.78. The first kappa shape index (κ1) is 94.1. The number of aliphatic hydroxyl groups excluding tert-OH is 24. The van der Waals surface area contributed by atoms with Crippen LogP contribution in [0.4, 0.5) is 0 Å². The van der Waals surface area contributed by atoms with Gasteiger partial charge in [0.25, 0.3) is 0 Å². The average Bonchev–Trinajstić information content (AvgIpc) is 0.756. The van der Waals surface area contributed by atoms with Gasteiger partial charge in [-0.3, -0.25) is 19.2 Å². The maximum Gasteiger partial charge on any atom is 0.217 e. The van der Waals surface area contributed by atoms with E-state index in [4.69, 9.17) is 85.3 Å². The number of amides is 4. The van der Waals surface area contributed by atoms with Crippen LogP contribution in [0.25, 0.3) is 0 Å². The van der Waals surface area contributed by atoms with E-state index in [0.29, 0.717) is 0 Å². The topological polar surface area (TPSA) is 768 Å². The molecule has 9 aliphatic rings. The van der Waals surface area contributed by atoms with Gasteiger partial charge in [0, 0.05) is 20.8 Å². The minimum atomic E-state index is -2.44. The third-order valence-electron chi connectivity index (χ3n) is 20.9. The van der Waals surface area contributed by atoms with Gasteiger partial charge < -0.3 is 229 Å². The van der Waals surface area contributed by atoms with Crippen molar-refractivity contribution in [3.8, 4) is 0 Å². The summed E-state index contributed by atoms with van der Waals surface area (Å²) in [6.45, 7) is -3.55. The van der Waals surface area contributed by atoms with Crippen LogP contribution < -0.4 is 21.3 Å². The fourth-order valence-corrected chi connectivity index (χ4v) is 14.6. The first-order chi connectivity index (χ1) is 54.0. The molecule has 9 saturated heterocycles. The van der Waals surface area contributed by atoms with Crippen LogP contribution in [0, 0.1) is 0 Å². The smallest absolute Gasteiger partial charge is 0.217 e. The summed E-state index contributed by atoms with van der Waals surface area (Å²) in [5.41, 5.74) is 0. The van der Waals surface area contributed by atoms with Crippen LogP contribution in [-0.4, -0.2) is 488 Å². The van der Waals surface area contributed by atoms with Gasteiger partial charge in [-0.2, -0.15) is 0 Å². The van der Waals surface area contributed by atoms with E-state index in [1.807, 2.05) is 0 Å². The Balaban J connectivity index is 0.973. The lowest BCUT2D eigenvalue weighted by molar-refractivity contribution is -0.397. The molecule has 0 aliphatic carbocycles. The van der Waals surface area contributed by atoms with Crippen molar-refractivity contribution in [3.63, 3.8) is 0 Å². The summed E-state index contributed by atoms with van der Waals surface area (Å²) in [6.07, 6.45) is -83.9. The minimum Gasteiger partial charge on any atom is -0.394 e. The summed E-state index contributed by atoms with van der Waals surface area (Å²) in [5.74, 6) is -2.84. The van der Waals surface area contributed by atoms with Crippen molar-refractivity contribution in [2.75, 3.05) is 59.5 Å². The summed E-state index contributed by atoms with van der Waals surface area (Å²) >= 11 is 0. The third kappa shape index (κ3) is 20.9. The van der Waals surface area contributed by atoms with E-state index < -0.39 is 359 Å². The zero-order valence-corrected chi connectivity index (χ0v) is 61.7. The molecule has 114 heavy (non-hydrogen) atoms. The Morgan fingerprint density at radius 3 is 0.956 bits per heavy atom. The van der Waals surface area contributed by atoms with Crippen molar-refractivity contribution < 1.29 is 227 Å². The molecule has 0 radical (unpaired) electrons. The molecule has 9 aliphatic heterocycles. The first-order valence-electron chi connectivity index (χ1n) is 36.6. The number of nitrogens with one attached hydrogen (secondary N) is 4. The molecule has 0 spiro atoms. The molecule has 0 aromatic carbocycles. The van der Waals surface area contributed by atoms with Crippen LogP contribution in [0.2, 0.25) is 0 Å². The van der Waals surface area contributed by atoms with Crippen molar-refractivity contribution in [1.82, 2.24) is 21.3 Å². The SMILES string of the molecule is CC(=O)N[C@H]1[C@H](O[C@H]2[C@@H](O)[C@@H](CO)O[C@@H](O[C@H]3[C@H](O)[C@@H](O)[C@H](OC[C@@H](CO)NC=O)O[C@@H]3CO)[C@@H]2O)O[C@H](CO)[C@@H](O[C@@H]2O[C@H](CO)[C@H](O)[C@H](O[C@@H]3O[C@H](CO)[C@@H](O[C@@H]4O[C@H](CO)[C@H](O)[C@H](O[C@@H]5O[C@H](CO)[C@@H](O)[C@H](O[C@@H]6O[C@@H](C)[C@@H](O)[C@@H](O)[C@@H]6O)[C@H]5NC(C)=O)[C@H]4O)[C@H](O[C@@H]4O[C@@H](C)[C@@H](O)[C@@H](O)[C@@H]4O)[C@H]3NC(C)=O)[C@H]2O)[C@@H]1O. The molecule has 50 heteroatoms. The van der Waals surface area contributed by atoms with E-state index in [1.54, 1.807) is 0 Å². The molecular formula is C64H108N4O46. The second-order valence-corrected chi connectivity index (χ2v) is 28.8. The second-order valence-electron chi connectivity index (χ2n) is 28.8. The van der Waals surface area contributed by atoms with Crippen LogP contribution >= 0.6 is 0 Å². The quantitative estimate of drug-likeness (QED) is 0.0278. The maximum absolute atomic E-state index is 13.5. The maximum atomic E-state index is 13.5. The molecule has 660 valence electrons. The Morgan fingerprint density at radius 1 is 0.298 bits per heavy atom. The number of carbonyl (C=O) groups excluding carboxylic acids is 4. The molecule has 0 aromatic heterocycles. The number of ether oxygens (including phenoxy) is 18. The summed E-state index contributed by atoms with van der Waals surface area (Å²) < 4.78 is 107. The fourth-order valence-electron chi connectivity index (χ4n) is 14.6. The van der Waals surface area contributed by atoms with Crippen molar-refractivity contribution in [1.29, 1.82) is 0 Å². The lowest BCUT2D eigenvalue weighted by Gasteiger charge is -2.52. The lowest BCUT2D eigenvalue weighted by Crippen LogP contribution is -2.72. The summed E-state index contributed by atoms with van der Waals surface area (Å²) in [4.78, 5) is 50.4. The standard InChI is InChI=1S/C64H108N4O46/c1-16-32(81)39(88)42(91)60(98-16)110-51-30(67-19(4)79)57(100-22(7-70)34(51)83)113-55-37(86)25(10-73)103-64(47(55)96)109-50-28(13-76)105-58(31(68-20(5)80)52(50)111-61-43(92)40(89)33(82)17(2)99-61)114-54-36(85)24(9-72)101-62(46(54)95)107-48-26(11-74)104-56(29(38(48)87)66-18(3)78)112-53-35(84)23(8-71)102-63(45(53)94)108-49-27(12-75)106-59(44(93)41(49)90)97-14-21(6-69)65-15-77/h15-17,21-64,69-76,81-96H,6-14H2,1-5H3,(H,65,77)(H,66,78)(H,67,79)(H,68,80)/t16-,17-,21+,22+,23+,24+,25+,26+,27+,28+,29+,30+,31+,32+,33+,34+,35-,36-,37-,38+,39+,40+,41+,42-,43-,44+,45+,46+,47+,48+,49+,50+,51+,52+,53-,54-,55-,56-,57-,58-,59+,60-,61-,62-,63-,64-/m0/s1. The Kier molecular flexibility index (Phi) is 34.4. The molecule has 9 rings (SSSR count). The van der Waals surface area contributed by atoms with Crippen molar-refractivity contribution >= 4 is 24.1 Å². The average molecular weight is 1670 g/mol. The van der Waals surface area contributed by atoms with Crippen molar-refractivity contribution in [2.24, 2.45) is 0 Å². The molecule has 46 atom stereocenters. The normalized spacial score (nSPS) is 48.6. The number of rotatable bonds is 32. The number of aliphatic hydroxyl groups is 24. The van der Waals surface area contributed by atoms with Crippen LogP contribution in [0.3, 0.4) is 0 Å². The Morgan fingerprint density at radius 2 is 0.579 bits per heavy atom. The van der Waals surface area contributed by atoms with E-state index in [2.05, 4.69) is 21.3 Å². The van der Waals surface area contributed by atoms with Gasteiger partial charge in [0.1, 0.15) is 207 Å². The summed E-state index contributed by atoms with van der Waals surface area (Å²) in [5, 5.41) is 277. The highest BCUT2D eigenvalue weighted by atomic mass is 16.8. The van der Waals surface area contributed by atoms with Crippen LogP contribution in [-0.2, 0) is 104 Å². The number of hydrogen-bond acceptors (Lipinski definition) is 46. The first-order valence-corrected chi connectivity index (χ1v) is 36.6. The van der Waals surface area contributed by atoms with E-state index in [-0.39, 0.29) is 6.41 Å². The molecule has 50 nitrogen and oxygen atoms in total. The molecule has 28 N–H and O–H groups in total. The summed E-state index contributed by atoms with van der Waals surface area (Å²) in [7, 11) is 0. The van der Waals surface area contributed by atoms with E-state index in [9.17, 15) is 142 Å². The zero-order chi connectivity index (χ0) is 83.9. The van der Waals surface area contributed by atoms with Gasteiger partial charge in [0.05, 0.1) is 77.7 Å². The van der Waals surface area contributed by atoms with E-state index >= 15 is 0 Å². The number of carbonyl (C=O) groups is 4. The highest BCUT2D eigenvalue weighted by Gasteiger charge is 2.62. The molecular weight excluding hydrogens is 1560 g/mol. The van der Waals surface area contributed by atoms with E-state index in [0.717, 1.165) is 20.8 Å². The second kappa shape index (κ2) is 41.6. The van der Waals surface area contributed by atoms with Crippen LogP contribution in [0.15, 0.2) is 0 Å². The molecule has 9 fully saturated rings. The van der Waals surface area contributed by atoms with Gasteiger partial charge in [-0.1, -0.05) is 0 Å². The molecule has 0 bridgehead atoms. The number of hydrogen-bond donors (Lipinski definition) is 28. The van der Waals surface area contributed by atoms with Gasteiger partial charge in [-0.25, -0.2) is 0 Å². The zero-order valence-electron chi connectivity index (χ0n) is 61.7. The molecule has 9 heterocycles. The Bertz CT molecular complexity index is 2990. The lowest BCUT2D eigenvalue weighted by atomic mass is 9.93. The fraction of sp³-hybridized carbons (Fsp3) is 0.938. The highest BCUT2D eigenvalue weighted by molar-refractivity contribution is 5.74. The predicted octanol–water partition coefficient (Wildman–Crippen LogP) is -19.0. The van der Waals surface area contributed by atoms with Gasteiger partial charge in [-0.05, 0) is 13.8 Å². The minimum absolute atomic E-state index is 0.255. The van der Waals surface area contributed by atoms with Gasteiger partial charge in [0.15, 0.2) is 56.6 Å². The monoisotopic (exact) mass is 1670 g/mol. The van der Waals surface area contributed by atoms with Crippen LogP contribution in [0.5, 0.6) is 0 Å². The molecule has 4 amide bonds. The molecule has 0 saturated carbocycles. The van der Waals surface area contributed by atoms with Crippen molar-refractivity contribution in [2.45, 2.75) is 317 Å². The molecule has 0 aromatic rings. The molecule has 0 unspecified atom stereocenters. The van der Waals surface area contributed by atoms with Gasteiger partial charge >= 0.3 is 0 Å². The van der Waals surface area contributed by atoms with Crippen LogP contribution in [0.1, 0.15) is 34.6 Å². The highest BCUT2D eigenvalue weighted by Crippen LogP contribution is 2.41. The third-order valence-corrected chi connectivity index (χ3v) is 20.9. The van der Waals surface area contributed by atoms with Crippen molar-refractivity contribution in [3.05, 3.63) is 0 Å². The van der Waals surface area contributed by atoms with Gasteiger partial charge in [0.2, 0.25) is 24.1 Å². The van der Waals surface area contributed by atoms with E-state index in [1.165, 1.54) is 13.8 Å². The Hall–Kier alpha value is -3.80.